The summed E-state index contributed by atoms with van der Waals surface area (Å²) < 4.78 is 2.28. The monoisotopic (exact) mass is 206 g/mol. The molecule has 0 aromatic carbocycles. The molecule has 0 aliphatic carbocycles. The Kier molecular flexibility index (Phi) is 3.08. The zero-order chi connectivity index (χ0) is 11.8. The standard InChI is InChI=1S/C13H22N2/c1-9(2)11-8-14-12(13(5,6)7)15(11)10(3)4/h8,10H,1H2,2-7H3. The highest BCUT2D eigenvalue weighted by Crippen LogP contribution is 2.27. The summed E-state index contributed by atoms with van der Waals surface area (Å²) in [5, 5.41) is 0. The minimum absolute atomic E-state index is 0.0813. The van der Waals surface area contributed by atoms with Gasteiger partial charge in [-0.25, -0.2) is 4.98 Å². The third-order valence-corrected chi connectivity index (χ3v) is 2.42. The van der Waals surface area contributed by atoms with Gasteiger partial charge in [0.15, 0.2) is 0 Å². The number of allylic oxidation sites excluding steroid dienone is 1. The summed E-state index contributed by atoms with van der Waals surface area (Å²) >= 11 is 0. The van der Waals surface area contributed by atoms with Crippen LogP contribution in [0.4, 0.5) is 0 Å². The lowest BCUT2D eigenvalue weighted by Gasteiger charge is -2.23. The molecule has 0 aliphatic heterocycles. The Bertz CT molecular complexity index is 364. The Morgan fingerprint density at radius 1 is 1.40 bits per heavy atom. The number of hydrogen-bond acceptors (Lipinski definition) is 1. The van der Waals surface area contributed by atoms with Gasteiger partial charge in [-0.15, -0.1) is 0 Å². The summed E-state index contributed by atoms with van der Waals surface area (Å²) in [5.74, 6) is 1.13. The van der Waals surface area contributed by atoms with Gasteiger partial charge in [0.05, 0.1) is 11.9 Å². The lowest BCUT2D eigenvalue weighted by molar-refractivity contribution is 0.467. The topological polar surface area (TPSA) is 17.8 Å². The molecule has 2 nitrogen and oxygen atoms in total. The van der Waals surface area contributed by atoms with E-state index in [9.17, 15) is 0 Å². The van der Waals surface area contributed by atoms with E-state index in [1.807, 2.05) is 13.1 Å². The smallest absolute Gasteiger partial charge is 0.114 e. The lowest BCUT2D eigenvalue weighted by atomic mass is 9.95. The Hall–Kier alpha value is -1.05. The Labute approximate surface area is 93.0 Å². The van der Waals surface area contributed by atoms with Gasteiger partial charge >= 0.3 is 0 Å². The second-order valence-corrected chi connectivity index (χ2v) is 5.46. The van der Waals surface area contributed by atoms with Gasteiger partial charge in [0.2, 0.25) is 0 Å². The van der Waals surface area contributed by atoms with E-state index >= 15 is 0 Å². The highest BCUT2D eigenvalue weighted by molar-refractivity contribution is 5.58. The van der Waals surface area contributed by atoms with Crippen molar-refractivity contribution in [1.29, 1.82) is 0 Å². The molecule has 0 aliphatic rings. The van der Waals surface area contributed by atoms with Gasteiger partial charge in [-0.05, 0) is 26.3 Å². The average molecular weight is 206 g/mol. The second-order valence-electron chi connectivity index (χ2n) is 5.46. The zero-order valence-electron chi connectivity index (χ0n) is 10.8. The van der Waals surface area contributed by atoms with Gasteiger partial charge in [0.25, 0.3) is 0 Å². The van der Waals surface area contributed by atoms with Crippen LogP contribution in [0.1, 0.15) is 59.1 Å². The maximum absolute atomic E-state index is 4.53. The number of hydrogen-bond donors (Lipinski definition) is 0. The van der Waals surface area contributed by atoms with Crippen LogP contribution in [0.2, 0.25) is 0 Å². The molecule has 84 valence electrons. The van der Waals surface area contributed by atoms with E-state index < -0.39 is 0 Å². The normalized spacial score (nSPS) is 12.2. The van der Waals surface area contributed by atoms with Gasteiger partial charge in [-0.2, -0.15) is 0 Å². The molecule has 0 saturated heterocycles. The van der Waals surface area contributed by atoms with Crippen LogP contribution in [0.5, 0.6) is 0 Å². The Morgan fingerprint density at radius 2 is 1.93 bits per heavy atom. The summed E-state index contributed by atoms with van der Waals surface area (Å²) in [6, 6.07) is 0.424. The number of rotatable bonds is 2. The molecule has 0 amide bonds. The fraction of sp³-hybridized carbons (Fsp3) is 0.615. The molecule has 0 spiro atoms. The predicted octanol–water partition coefficient (Wildman–Crippen LogP) is 3.79. The summed E-state index contributed by atoms with van der Waals surface area (Å²) in [5.41, 5.74) is 2.31. The lowest BCUT2D eigenvalue weighted by Crippen LogP contribution is -2.21. The third-order valence-electron chi connectivity index (χ3n) is 2.42. The van der Waals surface area contributed by atoms with Crippen LogP contribution in [0.3, 0.4) is 0 Å². The molecule has 1 aromatic heterocycles. The van der Waals surface area contributed by atoms with Crippen LogP contribution in [0, 0.1) is 0 Å². The molecule has 0 unspecified atom stereocenters. The average Bonchev–Trinajstić information content (AvgIpc) is 2.45. The van der Waals surface area contributed by atoms with E-state index in [-0.39, 0.29) is 5.41 Å². The molecule has 1 rings (SSSR count). The van der Waals surface area contributed by atoms with E-state index in [0.717, 1.165) is 17.1 Å². The van der Waals surface area contributed by atoms with Crippen LogP contribution in [-0.2, 0) is 5.41 Å². The van der Waals surface area contributed by atoms with E-state index in [1.54, 1.807) is 0 Å². The SMILES string of the molecule is C=C(C)c1cnc(C(C)(C)C)n1C(C)C. The molecule has 0 fully saturated rings. The first-order valence-electron chi connectivity index (χ1n) is 5.48. The van der Waals surface area contributed by atoms with E-state index in [2.05, 4.69) is 50.7 Å². The van der Waals surface area contributed by atoms with Crippen molar-refractivity contribution in [2.24, 2.45) is 0 Å². The van der Waals surface area contributed by atoms with Crippen LogP contribution in [-0.4, -0.2) is 9.55 Å². The predicted molar refractivity (Wildman–Crippen MR) is 66.0 cm³/mol. The number of imidazole rings is 1. The number of aromatic nitrogens is 2. The Balaban J connectivity index is 3.37. The summed E-state index contributed by atoms with van der Waals surface area (Å²) in [6.07, 6.45) is 1.93. The van der Waals surface area contributed by atoms with Crippen LogP contribution in [0.15, 0.2) is 12.8 Å². The van der Waals surface area contributed by atoms with Gasteiger partial charge in [0.1, 0.15) is 5.82 Å². The van der Waals surface area contributed by atoms with Crippen LogP contribution >= 0.6 is 0 Å². The molecule has 0 N–H and O–H groups in total. The van der Waals surface area contributed by atoms with Crippen LogP contribution < -0.4 is 0 Å². The van der Waals surface area contributed by atoms with Gasteiger partial charge in [-0.1, -0.05) is 27.4 Å². The van der Waals surface area contributed by atoms with Crippen molar-refractivity contribution in [1.82, 2.24) is 9.55 Å². The molecule has 2 heteroatoms. The van der Waals surface area contributed by atoms with Gasteiger partial charge in [0, 0.05) is 11.5 Å². The molecular weight excluding hydrogens is 184 g/mol. The first-order valence-corrected chi connectivity index (χ1v) is 5.48. The highest BCUT2D eigenvalue weighted by Gasteiger charge is 2.23. The van der Waals surface area contributed by atoms with Crippen molar-refractivity contribution < 1.29 is 0 Å². The van der Waals surface area contributed by atoms with E-state index in [1.165, 1.54) is 0 Å². The van der Waals surface area contributed by atoms with Crippen molar-refractivity contribution >= 4 is 5.57 Å². The minimum Gasteiger partial charge on any atom is -0.325 e. The van der Waals surface area contributed by atoms with Gasteiger partial charge < -0.3 is 4.57 Å². The van der Waals surface area contributed by atoms with Crippen molar-refractivity contribution in [3.63, 3.8) is 0 Å². The largest absolute Gasteiger partial charge is 0.325 e. The maximum atomic E-state index is 4.53. The minimum atomic E-state index is 0.0813. The highest BCUT2D eigenvalue weighted by atomic mass is 15.1. The molecule has 1 heterocycles. The molecule has 0 saturated carbocycles. The molecular formula is C13H22N2. The fourth-order valence-corrected chi connectivity index (χ4v) is 1.75. The first-order chi connectivity index (χ1) is 6.75. The van der Waals surface area contributed by atoms with E-state index in [0.29, 0.717) is 6.04 Å². The Morgan fingerprint density at radius 3 is 2.27 bits per heavy atom. The van der Waals surface area contributed by atoms with Crippen molar-refractivity contribution in [3.8, 4) is 0 Å². The summed E-state index contributed by atoms with van der Waals surface area (Å²) in [6.45, 7) is 17.0. The van der Waals surface area contributed by atoms with E-state index in [4.69, 9.17) is 0 Å². The molecule has 1 aromatic rings. The molecule has 0 bridgehead atoms. The van der Waals surface area contributed by atoms with Crippen molar-refractivity contribution in [2.75, 3.05) is 0 Å². The van der Waals surface area contributed by atoms with Gasteiger partial charge in [-0.3, -0.25) is 0 Å². The quantitative estimate of drug-likeness (QED) is 0.719. The second kappa shape index (κ2) is 3.84. The fourth-order valence-electron chi connectivity index (χ4n) is 1.75. The third kappa shape index (κ3) is 2.31. The molecule has 15 heavy (non-hydrogen) atoms. The van der Waals surface area contributed by atoms with Crippen LogP contribution in [0.25, 0.3) is 5.57 Å². The first kappa shape index (κ1) is 12.0. The molecule has 0 atom stereocenters. The molecule has 0 radical (unpaired) electrons. The van der Waals surface area contributed by atoms with Crippen molar-refractivity contribution in [2.45, 2.75) is 53.0 Å². The van der Waals surface area contributed by atoms with Crippen molar-refractivity contribution in [3.05, 3.63) is 24.3 Å². The zero-order valence-corrected chi connectivity index (χ0v) is 10.8. The summed E-state index contributed by atoms with van der Waals surface area (Å²) in [4.78, 5) is 4.53. The maximum Gasteiger partial charge on any atom is 0.114 e. The number of nitrogens with zero attached hydrogens (tertiary/aromatic N) is 2. The summed E-state index contributed by atoms with van der Waals surface area (Å²) in [7, 11) is 0.